The lowest BCUT2D eigenvalue weighted by molar-refractivity contribution is -0.00699. The minimum Gasteiger partial charge on any atom is -0.360 e. The zero-order valence-electron chi connectivity index (χ0n) is 10.6. The topological polar surface area (TPSA) is 70.5 Å². The molecule has 0 saturated heterocycles. The van der Waals surface area contributed by atoms with Crippen LogP contribution < -0.4 is 0 Å². The van der Waals surface area contributed by atoms with Crippen LogP contribution in [-0.4, -0.2) is 22.1 Å². The Morgan fingerprint density at radius 1 is 0.762 bits per heavy atom. The third-order valence-electron chi connectivity index (χ3n) is 2.74. The van der Waals surface area contributed by atoms with E-state index in [1.807, 2.05) is 0 Å². The molecule has 0 aliphatic heterocycles. The number of nitrogens with zero attached hydrogens (tertiary/aromatic N) is 2. The lowest BCUT2D eigenvalue weighted by atomic mass is 9.99. The van der Waals surface area contributed by atoms with Gasteiger partial charge in [-0.3, -0.25) is 9.59 Å². The van der Waals surface area contributed by atoms with E-state index in [9.17, 15) is 9.59 Å². The van der Waals surface area contributed by atoms with Crippen molar-refractivity contribution in [2.45, 2.75) is 0 Å². The Hall–Kier alpha value is -2.26. The van der Waals surface area contributed by atoms with Crippen LogP contribution in [0.4, 0.5) is 0 Å². The van der Waals surface area contributed by atoms with Crippen LogP contribution in [-0.2, 0) is 0 Å². The minimum absolute atomic E-state index is 0.203. The molecular weight excluding hydrogens is 311 g/mol. The fourth-order valence-corrected chi connectivity index (χ4v) is 1.92. The molecule has 0 bridgehead atoms. The van der Waals surface area contributed by atoms with Crippen molar-refractivity contribution in [3.8, 4) is 0 Å². The standard InChI is InChI=1S/C15H8Cl2N2O2/c16-11-5-1-9(2-6-11)14(20)13(19-18)15(21)10-3-7-12(17)8-4-10/h1-8H. The average molecular weight is 319 g/mol. The van der Waals surface area contributed by atoms with Gasteiger partial charge in [-0.15, -0.1) is 0 Å². The monoisotopic (exact) mass is 318 g/mol. The van der Waals surface area contributed by atoms with Gasteiger partial charge < -0.3 is 5.53 Å². The summed E-state index contributed by atoms with van der Waals surface area (Å²) in [6.07, 6.45) is 0. The van der Waals surface area contributed by atoms with Gasteiger partial charge in [-0.05, 0) is 48.5 Å². The molecule has 2 rings (SSSR count). The van der Waals surface area contributed by atoms with Crippen LogP contribution in [0.3, 0.4) is 0 Å². The lowest BCUT2D eigenvalue weighted by Crippen LogP contribution is -2.25. The van der Waals surface area contributed by atoms with Crippen LogP contribution in [0.2, 0.25) is 10.0 Å². The van der Waals surface area contributed by atoms with E-state index in [1.165, 1.54) is 48.5 Å². The first kappa shape index (κ1) is 15.1. The van der Waals surface area contributed by atoms with Gasteiger partial charge in [0.1, 0.15) is 0 Å². The maximum atomic E-state index is 12.2. The smallest absolute Gasteiger partial charge is 0.360 e. The van der Waals surface area contributed by atoms with Crippen molar-refractivity contribution in [3.05, 3.63) is 75.2 Å². The van der Waals surface area contributed by atoms with Crippen molar-refractivity contribution in [3.63, 3.8) is 0 Å². The van der Waals surface area contributed by atoms with Gasteiger partial charge in [0.05, 0.1) is 0 Å². The predicted molar refractivity (Wildman–Crippen MR) is 80.2 cm³/mol. The van der Waals surface area contributed by atoms with Crippen LogP contribution in [0.1, 0.15) is 20.7 Å². The highest BCUT2D eigenvalue weighted by Gasteiger charge is 2.31. The second kappa shape index (κ2) is 6.46. The number of benzene rings is 2. The summed E-state index contributed by atoms with van der Waals surface area (Å²) in [5.41, 5.74) is 8.83. The van der Waals surface area contributed by atoms with Gasteiger partial charge >= 0.3 is 5.71 Å². The fraction of sp³-hybridized carbons (Fsp3) is 0. The fourth-order valence-electron chi connectivity index (χ4n) is 1.67. The first-order chi connectivity index (χ1) is 10.0. The Bertz CT molecular complexity index is 687. The van der Waals surface area contributed by atoms with Gasteiger partial charge in [0.2, 0.25) is 0 Å². The van der Waals surface area contributed by atoms with Crippen LogP contribution in [0.15, 0.2) is 48.5 Å². The second-order valence-corrected chi connectivity index (χ2v) is 4.99. The summed E-state index contributed by atoms with van der Waals surface area (Å²) in [7, 11) is 0. The summed E-state index contributed by atoms with van der Waals surface area (Å²) in [6.45, 7) is 0. The summed E-state index contributed by atoms with van der Waals surface area (Å²) in [5, 5.41) is 0.913. The Kier molecular flexibility index (Phi) is 4.66. The molecule has 0 heterocycles. The minimum atomic E-state index is -0.686. The largest absolute Gasteiger partial charge is 0.409 e. The van der Waals surface area contributed by atoms with Gasteiger partial charge in [-0.1, -0.05) is 23.2 Å². The number of halogens is 2. The van der Waals surface area contributed by atoms with Gasteiger partial charge in [-0.2, -0.15) is 4.79 Å². The Labute approximate surface area is 130 Å². The number of hydrogen-bond donors (Lipinski definition) is 0. The van der Waals surface area contributed by atoms with Crippen LogP contribution in [0.5, 0.6) is 0 Å². The summed E-state index contributed by atoms with van der Waals surface area (Å²) < 4.78 is 0. The molecule has 0 aromatic heterocycles. The molecule has 0 fully saturated rings. The van der Waals surface area contributed by atoms with E-state index in [-0.39, 0.29) is 11.1 Å². The van der Waals surface area contributed by atoms with Crippen LogP contribution >= 0.6 is 23.2 Å². The van der Waals surface area contributed by atoms with Crippen LogP contribution in [0.25, 0.3) is 5.53 Å². The molecule has 0 spiro atoms. The molecule has 6 heteroatoms. The number of rotatable bonds is 4. The van der Waals surface area contributed by atoms with Crippen molar-refractivity contribution in [1.29, 1.82) is 0 Å². The molecule has 2 aromatic carbocycles. The van der Waals surface area contributed by atoms with E-state index >= 15 is 0 Å². The molecule has 0 aliphatic carbocycles. The van der Waals surface area contributed by atoms with Crippen molar-refractivity contribution < 1.29 is 14.4 Å². The zero-order chi connectivity index (χ0) is 15.4. The summed E-state index contributed by atoms with van der Waals surface area (Å²) in [4.78, 5) is 27.2. The van der Waals surface area contributed by atoms with Crippen molar-refractivity contribution in [1.82, 2.24) is 0 Å². The third kappa shape index (κ3) is 3.44. The number of hydrogen-bond acceptors (Lipinski definition) is 2. The van der Waals surface area contributed by atoms with Crippen molar-refractivity contribution >= 4 is 40.5 Å². The second-order valence-electron chi connectivity index (χ2n) is 4.12. The van der Waals surface area contributed by atoms with Gasteiger partial charge in [0, 0.05) is 21.2 Å². The zero-order valence-corrected chi connectivity index (χ0v) is 12.1. The molecule has 0 atom stereocenters. The number of carbonyl (C=O) groups is 2. The summed E-state index contributed by atoms with van der Waals surface area (Å²) in [5.74, 6) is -1.37. The quantitative estimate of drug-likeness (QED) is 0.283. The summed E-state index contributed by atoms with van der Waals surface area (Å²) >= 11 is 11.5. The Morgan fingerprint density at radius 2 is 1.10 bits per heavy atom. The van der Waals surface area contributed by atoms with E-state index < -0.39 is 17.3 Å². The van der Waals surface area contributed by atoms with E-state index in [0.29, 0.717) is 10.0 Å². The number of Topliss-reactive ketones (excluding diaryl/α,β-unsaturated/α-hetero) is 2. The number of ketones is 2. The molecule has 4 nitrogen and oxygen atoms in total. The first-order valence-electron chi connectivity index (χ1n) is 5.85. The average Bonchev–Trinajstić information content (AvgIpc) is 2.49. The van der Waals surface area contributed by atoms with Crippen molar-refractivity contribution in [2.24, 2.45) is 0 Å². The van der Waals surface area contributed by atoms with Gasteiger partial charge in [0.25, 0.3) is 11.6 Å². The highest BCUT2D eigenvalue weighted by atomic mass is 35.5. The Balaban J connectivity index is 2.33. The lowest BCUT2D eigenvalue weighted by Gasteiger charge is -1.99. The molecule has 0 N–H and O–H groups in total. The van der Waals surface area contributed by atoms with E-state index in [2.05, 4.69) is 4.79 Å². The molecule has 21 heavy (non-hydrogen) atoms. The highest BCUT2D eigenvalue weighted by molar-refractivity contribution is 6.70. The highest BCUT2D eigenvalue weighted by Crippen LogP contribution is 2.13. The van der Waals surface area contributed by atoms with Crippen LogP contribution in [0, 0.1) is 0 Å². The summed E-state index contributed by atoms with van der Waals surface area (Å²) in [6, 6.07) is 11.8. The van der Waals surface area contributed by atoms with Gasteiger partial charge in [-0.25, -0.2) is 0 Å². The molecule has 2 aromatic rings. The van der Waals surface area contributed by atoms with Gasteiger partial charge in [0.15, 0.2) is 0 Å². The SMILES string of the molecule is [N-]=[N+]=C(C(=O)c1ccc(Cl)cc1)C(=O)c1ccc(Cl)cc1. The van der Waals surface area contributed by atoms with E-state index in [0.717, 1.165) is 0 Å². The molecular formula is C15H8Cl2N2O2. The van der Waals surface area contributed by atoms with Crippen molar-refractivity contribution in [2.75, 3.05) is 0 Å². The molecule has 104 valence electrons. The maximum Gasteiger partial charge on any atom is 0.409 e. The predicted octanol–water partition coefficient (Wildman–Crippen LogP) is 3.73. The Morgan fingerprint density at radius 3 is 1.38 bits per heavy atom. The molecule has 0 radical (unpaired) electrons. The normalized spacial score (nSPS) is 9.81. The number of carbonyl (C=O) groups excluding carboxylic acids is 2. The molecule has 0 unspecified atom stereocenters. The molecule has 0 aliphatic rings. The molecule has 0 saturated carbocycles. The van der Waals surface area contributed by atoms with E-state index in [4.69, 9.17) is 28.7 Å². The maximum absolute atomic E-state index is 12.2. The van der Waals surface area contributed by atoms with E-state index in [1.54, 1.807) is 0 Å². The molecule has 0 amide bonds. The first-order valence-corrected chi connectivity index (χ1v) is 6.61. The third-order valence-corrected chi connectivity index (χ3v) is 3.25.